The molecule has 0 saturated heterocycles. The van der Waals surface area contributed by atoms with Crippen LogP contribution in [-0.2, 0) is 0 Å². The normalized spacial score (nSPS) is 24.2. The molecular formula is C30H36F6O. The monoisotopic (exact) mass is 526 g/mol. The van der Waals surface area contributed by atoms with Crippen molar-refractivity contribution in [2.75, 3.05) is 0 Å². The summed E-state index contributed by atoms with van der Waals surface area (Å²) in [4.78, 5) is 0. The van der Waals surface area contributed by atoms with Crippen molar-refractivity contribution in [1.29, 1.82) is 0 Å². The number of unbranched alkanes of at least 4 members (excludes halogenated alkanes) is 3. The van der Waals surface area contributed by atoms with Crippen LogP contribution in [0.25, 0.3) is 11.1 Å². The zero-order valence-corrected chi connectivity index (χ0v) is 21.3. The van der Waals surface area contributed by atoms with E-state index in [1.165, 1.54) is 69.8 Å². The lowest BCUT2D eigenvalue weighted by Gasteiger charge is -2.42. The van der Waals surface area contributed by atoms with Crippen molar-refractivity contribution in [2.45, 2.75) is 96.0 Å². The number of halogens is 6. The minimum atomic E-state index is -4.99. The fourth-order valence-electron chi connectivity index (χ4n) is 6.36. The molecule has 0 bridgehead atoms. The standard InChI is InChI=1S/C30H36F6O/c1-2-3-4-5-6-19-7-8-24-16-23(14-13-22(24)15-19)20-9-11-21(12-10-20)25-17-26(31)28(27(32)18-25)37-30(35,36)29(33)34/h9-12,17-19,22-24,29H,2-8,13-16H2,1H3/t19?,22-,23-,24-/m1/s1. The van der Waals surface area contributed by atoms with Gasteiger partial charge in [0.25, 0.3) is 0 Å². The van der Waals surface area contributed by atoms with Crippen LogP contribution in [0.15, 0.2) is 36.4 Å². The first kappa shape index (κ1) is 27.8. The summed E-state index contributed by atoms with van der Waals surface area (Å²) in [5, 5.41) is 0. The molecule has 2 fully saturated rings. The molecule has 0 radical (unpaired) electrons. The topological polar surface area (TPSA) is 9.23 Å². The maximum atomic E-state index is 14.3. The van der Waals surface area contributed by atoms with Crippen LogP contribution >= 0.6 is 0 Å². The highest BCUT2D eigenvalue weighted by molar-refractivity contribution is 5.65. The Labute approximate surface area is 215 Å². The number of alkyl halides is 4. The first-order valence-electron chi connectivity index (χ1n) is 13.6. The number of fused-ring (bicyclic) bond motifs is 1. The molecule has 0 aromatic heterocycles. The molecule has 2 aliphatic carbocycles. The van der Waals surface area contributed by atoms with Crippen molar-refractivity contribution < 1.29 is 31.1 Å². The van der Waals surface area contributed by atoms with Gasteiger partial charge < -0.3 is 4.74 Å². The maximum absolute atomic E-state index is 14.3. The number of ether oxygens (including phenoxy) is 1. The minimum Gasteiger partial charge on any atom is -0.422 e. The van der Waals surface area contributed by atoms with Gasteiger partial charge in [-0.25, -0.2) is 8.78 Å². The first-order chi connectivity index (χ1) is 17.7. The Bertz CT molecular complexity index is 998. The molecule has 4 rings (SSSR count). The van der Waals surface area contributed by atoms with Gasteiger partial charge >= 0.3 is 12.5 Å². The molecule has 2 aromatic rings. The highest BCUT2D eigenvalue weighted by atomic mass is 19.3. The Morgan fingerprint density at radius 2 is 1.49 bits per heavy atom. The minimum absolute atomic E-state index is 0.121. The van der Waals surface area contributed by atoms with Crippen molar-refractivity contribution in [2.24, 2.45) is 17.8 Å². The van der Waals surface area contributed by atoms with Crippen molar-refractivity contribution in [3.05, 3.63) is 53.6 Å². The molecule has 0 N–H and O–H groups in total. The smallest absolute Gasteiger partial charge is 0.422 e. The Hall–Kier alpha value is -2.18. The fourth-order valence-corrected chi connectivity index (χ4v) is 6.36. The molecule has 0 aliphatic heterocycles. The Balaban J connectivity index is 1.36. The van der Waals surface area contributed by atoms with E-state index < -0.39 is 29.9 Å². The molecule has 2 saturated carbocycles. The molecule has 0 heterocycles. The van der Waals surface area contributed by atoms with Gasteiger partial charge in [0.15, 0.2) is 17.4 Å². The molecule has 1 nitrogen and oxygen atoms in total. The third-order valence-electron chi connectivity index (χ3n) is 8.39. The lowest BCUT2D eigenvalue weighted by molar-refractivity contribution is -0.255. The summed E-state index contributed by atoms with van der Waals surface area (Å²) in [6, 6.07) is 9.09. The Morgan fingerprint density at radius 3 is 2.14 bits per heavy atom. The number of benzene rings is 2. The zero-order chi connectivity index (χ0) is 26.6. The molecule has 204 valence electrons. The van der Waals surface area contributed by atoms with Gasteiger partial charge in [0.2, 0.25) is 0 Å². The third-order valence-corrected chi connectivity index (χ3v) is 8.39. The number of hydrogen-bond acceptors (Lipinski definition) is 1. The van der Waals surface area contributed by atoms with E-state index in [1.54, 1.807) is 12.1 Å². The van der Waals surface area contributed by atoms with Crippen LogP contribution in [0.2, 0.25) is 0 Å². The lowest BCUT2D eigenvalue weighted by atomic mass is 9.63. The molecule has 0 amide bonds. The molecule has 2 aromatic carbocycles. The summed E-state index contributed by atoms with van der Waals surface area (Å²) in [7, 11) is 0. The molecular weight excluding hydrogens is 490 g/mol. The largest absolute Gasteiger partial charge is 0.461 e. The SMILES string of the molecule is CCCCCCC1CC[C@@H]2C[C@H](c3ccc(-c4cc(F)c(OC(F)(F)C(F)F)c(F)c4)cc3)CC[C@@H]2C1. The average molecular weight is 527 g/mol. The van der Waals surface area contributed by atoms with Crippen LogP contribution in [0.1, 0.15) is 89.0 Å². The van der Waals surface area contributed by atoms with Gasteiger partial charge in [0.1, 0.15) is 0 Å². The van der Waals surface area contributed by atoms with E-state index in [2.05, 4.69) is 11.7 Å². The Kier molecular flexibility index (Phi) is 9.12. The van der Waals surface area contributed by atoms with E-state index in [9.17, 15) is 26.3 Å². The van der Waals surface area contributed by atoms with Gasteiger partial charge in [-0.05, 0) is 84.6 Å². The van der Waals surface area contributed by atoms with Gasteiger partial charge in [-0.2, -0.15) is 17.6 Å². The van der Waals surface area contributed by atoms with Crippen LogP contribution in [0.3, 0.4) is 0 Å². The summed E-state index contributed by atoms with van der Waals surface area (Å²) < 4.78 is 83.2. The van der Waals surface area contributed by atoms with Crippen LogP contribution in [0, 0.1) is 29.4 Å². The molecule has 0 spiro atoms. The molecule has 7 heteroatoms. The Morgan fingerprint density at radius 1 is 0.838 bits per heavy atom. The van der Waals surface area contributed by atoms with E-state index in [1.807, 2.05) is 12.1 Å². The average Bonchev–Trinajstić information content (AvgIpc) is 2.88. The highest BCUT2D eigenvalue weighted by Gasteiger charge is 2.45. The molecule has 2 aliphatic rings. The van der Waals surface area contributed by atoms with Gasteiger partial charge in [-0.1, -0.05) is 69.7 Å². The first-order valence-corrected chi connectivity index (χ1v) is 13.6. The van der Waals surface area contributed by atoms with Crippen molar-refractivity contribution in [3.63, 3.8) is 0 Å². The van der Waals surface area contributed by atoms with Gasteiger partial charge in [-0.15, -0.1) is 0 Å². The summed E-state index contributed by atoms with van der Waals surface area (Å²) in [6.45, 7) is 2.25. The second-order valence-corrected chi connectivity index (χ2v) is 10.9. The quantitative estimate of drug-likeness (QED) is 0.221. The highest BCUT2D eigenvalue weighted by Crippen LogP contribution is 2.48. The maximum Gasteiger partial charge on any atom is 0.461 e. The van der Waals surface area contributed by atoms with Gasteiger partial charge in [0.05, 0.1) is 0 Å². The van der Waals surface area contributed by atoms with E-state index in [4.69, 9.17) is 0 Å². The second kappa shape index (κ2) is 12.1. The summed E-state index contributed by atoms with van der Waals surface area (Å²) >= 11 is 0. The number of hydrogen-bond donors (Lipinski definition) is 0. The second-order valence-electron chi connectivity index (χ2n) is 10.9. The van der Waals surface area contributed by atoms with Crippen molar-refractivity contribution in [3.8, 4) is 16.9 Å². The van der Waals surface area contributed by atoms with Crippen LogP contribution in [0.5, 0.6) is 5.75 Å². The third kappa shape index (κ3) is 6.83. The van der Waals surface area contributed by atoms with Gasteiger partial charge in [-0.3, -0.25) is 0 Å². The van der Waals surface area contributed by atoms with E-state index >= 15 is 0 Å². The predicted molar refractivity (Wildman–Crippen MR) is 133 cm³/mol. The van der Waals surface area contributed by atoms with Crippen molar-refractivity contribution in [1.82, 2.24) is 0 Å². The van der Waals surface area contributed by atoms with Crippen molar-refractivity contribution >= 4 is 0 Å². The van der Waals surface area contributed by atoms with E-state index in [0.717, 1.165) is 36.3 Å². The summed E-state index contributed by atoms with van der Waals surface area (Å²) in [6.07, 6.45) is 5.04. The fraction of sp³-hybridized carbons (Fsp3) is 0.600. The lowest BCUT2D eigenvalue weighted by Crippen LogP contribution is -2.34. The summed E-state index contributed by atoms with van der Waals surface area (Å²) in [5.74, 6) is -1.52. The van der Waals surface area contributed by atoms with E-state index in [0.29, 0.717) is 11.5 Å². The molecule has 1 unspecified atom stereocenters. The van der Waals surface area contributed by atoms with Crippen LogP contribution in [-0.4, -0.2) is 12.5 Å². The predicted octanol–water partition coefficient (Wildman–Crippen LogP) is 10.1. The number of rotatable bonds is 10. The summed E-state index contributed by atoms with van der Waals surface area (Å²) in [5.41, 5.74) is 1.82. The van der Waals surface area contributed by atoms with Gasteiger partial charge in [0, 0.05) is 0 Å². The van der Waals surface area contributed by atoms with E-state index in [-0.39, 0.29) is 5.56 Å². The van der Waals surface area contributed by atoms with Crippen LogP contribution < -0.4 is 4.74 Å². The zero-order valence-electron chi connectivity index (χ0n) is 21.3. The van der Waals surface area contributed by atoms with Crippen LogP contribution in [0.4, 0.5) is 26.3 Å². The molecule has 4 atom stereocenters. The molecule has 37 heavy (non-hydrogen) atoms.